The zero-order chi connectivity index (χ0) is 21.4. The Hall–Kier alpha value is -4.20. The minimum absolute atomic E-state index is 0.132. The van der Waals surface area contributed by atoms with E-state index < -0.39 is 12.1 Å². The van der Waals surface area contributed by atoms with Gasteiger partial charge in [-0.15, -0.1) is 0 Å². The van der Waals surface area contributed by atoms with Crippen LogP contribution >= 0.6 is 0 Å². The topological polar surface area (TPSA) is 103 Å². The van der Waals surface area contributed by atoms with Crippen LogP contribution in [0, 0.1) is 0 Å². The predicted octanol–water partition coefficient (Wildman–Crippen LogP) is 3.05. The first-order valence-electron chi connectivity index (χ1n) is 9.70. The highest BCUT2D eigenvalue weighted by Crippen LogP contribution is 2.41. The van der Waals surface area contributed by atoms with Crippen LogP contribution in [0.3, 0.4) is 0 Å². The third kappa shape index (κ3) is 3.48. The molecule has 2 heterocycles. The maximum atomic E-state index is 13.5. The Morgan fingerprint density at radius 1 is 1.06 bits per heavy atom. The van der Waals surface area contributed by atoms with Gasteiger partial charge in [-0.05, 0) is 42.0 Å². The highest BCUT2D eigenvalue weighted by Gasteiger charge is 2.34. The summed E-state index contributed by atoms with van der Waals surface area (Å²) < 4.78 is 16.2. The van der Waals surface area contributed by atoms with Gasteiger partial charge in [0.15, 0.2) is 18.1 Å². The summed E-state index contributed by atoms with van der Waals surface area (Å²) in [4.78, 5) is 26.1. The molecular formula is C23H19N3O5. The zero-order valence-electron chi connectivity index (χ0n) is 16.4. The first kappa shape index (κ1) is 18.8. The molecule has 0 fully saturated rings. The van der Waals surface area contributed by atoms with E-state index in [1.54, 1.807) is 35.2 Å². The number of nitrogens with two attached hydrogens (primary N) is 1. The highest BCUT2D eigenvalue weighted by molar-refractivity contribution is 6.12. The molecule has 2 aliphatic rings. The van der Waals surface area contributed by atoms with E-state index in [1.807, 2.05) is 36.4 Å². The molecule has 1 atom stereocenters. The number of primary amides is 1. The monoisotopic (exact) mass is 417 g/mol. The number of carbonyl (C=O) groups is 2. The number of para-hydroxylation sites is 1. The van der Waals surface area contributed by atoms with Gasteiger partial charge in [0.25, 0.3) is 11.8 Å². The van der Waals surface area contributed by atoms with Crippen LogP contribution in [0.15, 0.2) is 66.7 Å². The molecule has 2 aliphatic heterocycles. The highest BCUT2D eigenvalue weighted by atomic mass is 16.7. The number of amides is 2. The van der Waals surface area contributed by atoms with Gasteiger partial charge >= 0.3 is 0 Å². The second kappa shape index (κ2) is 7.56. The summed E-state index contributed by atoms with van der Waals surface area (Å²) in [6.07, 6.45) is -0.465. The summed E-state index contributed by atoms with van der Waals surface area (Å²) in [6, 6.07) is 20.0. The van der Waals surface area contributed by atoms with E-state index in [-0.39, 0.29) is 19.3 Å². The van der Waals surface area contributed by atoms with Crippen LogP contribution in [0.1, 0.15) is 22.1 Å². The molecule has 3 aromatic rings. The summed E-state index contributed by atoms with van der Waals surface area (Å²) in [6.45, 7) is -0.0415. The van der Waals surface area contributed by atoms with Gasteiger partial charge in [-0.2, -0.15) is 0 Å². The van der Waals surface area contributed by atoms with Gasteiger partial charge in [0.1, 0.15) is 11.9 Å². The number of hydrogen-bond acceptors (Lipinski definition) is 6. The minimum atomic E-state index is -0.547. The molecule has 0 bridgehead atoms. The lowest BCUT2D eigenvalue weighted by molar-refractivity contribution is -0.119. The lowest BCUT2D eigenvalue weighted by Crippen LogP contribution is -2.43. The van der Waals surface area contributed by atoms with Gasteiger partial charge in [-0.3, -0.25) is 14.5 Å². The third-order valence-corrected chi connectivity index (χ3v) is 5.14. The average Bonchev–Trinajstić information content (AvgIpc) is 3.26. The normalized spacial score (nSPS) is 16.5. The molecule has 0 spiro atoms. The van der Waals surface area contributed by atoms with Gasteiger partial charge in [0.05, 0.1) is 11.3 Å². The lowest BCUT2D eigenvalue weighted by Gasteiger charge is -2.38. The van der Waals surface area contributed by atoms with Crippen molar-refractivity contribution in [2.45, 2.75) is 6.17 Å². The van der Waals surface area contributed by atoms with Crippen LogP contribution in [-0.4, -0.2) is 25.2 Å². The van der Waals surface area contributed by atoms with Crippen molar-refractivity contribution in [1.29, 1.82) is 0 Å². The Balaban J connectivity index is 1.53. The molecule has 31 heavy (non-hydrogen) atoms. The van der Waals surface area contributed by atoms with Crippen molar-refractivity contribution in [3.8, 4) is 17.2 Å². The summed E-state index contributed by atoms with van der Waals surface area (Å²) >= 11 is 0. The maximum absolute atomic E-state index is 13.5. The molecule has 0 aromatic heterocycles. The fourth-order valence-corrected chi connectivity index (χ4v) is 3.69. The van der Waals surface area contributed by atoms with Crippen molar-refractivity contribution in [3.05, 3.63) is 77.9 Å². The number of hydrogen-bond donors (Lipinski definition) is 2. The molecule has 0 aliphatic carbocycles. The van der Waals surface area contributed by atoms with E-state index in [0.29, 0.717) is 28.5 Å². The van der Waals surface area contributed by atoms with E-state index in [0.717, 1.165) is 11.3 Å². The number of ether oxygens (including phenoxy) is 3. The summed E-state index contributed by atoms with van der Waals surface area (Å²) in [5, 5.41) is 3.45. The fraction of sp³-hybridized carbons (Fsp3) is 0.130. The number of anilines is 2. The van der Waals surface area contributed by atoms with E-state index in [9.17, 15) is 9.59 Å². The van der Waals surface area contributed by atoms with Crippen molar-refractivity contribution in [2.24, 2.45) is 5.73 Å². The van der Waals surface area contributed by atoms with Crippen LogP contribution in [0.5, 0.6) is 17.2 Å². The Labute approximate surface area is 178 Å². The second-order valence-electron chi connectivity index (χ2n) is 7.13. The van der Waals surface area contributed by atoms with Crippen molar-refractivity contribution < 1.29 is 23.8 Å². The summed E-state index contributed by atoms with van der Waals surface area (Å²) in [5.74, 6) is 1.08. The summed E-state index contributed by atoms with van der Waals surface area (Å²) in [5.41, 5.74) is 7.98. The Kier molecular flexibility index (Phi) is 4.59. The second-order valence-corrected chi connectivity index (χ2v) is 7.13. The number of rotatable bonds is 5. The van der Waals surface area contributed by atoms with Gasteiger partial charge in [-0.1, -0.05) is 24.3 Å². The smallest absolute Gasteiger partial charge is 0.262 e. The van der Waals surface area contributed by atoms with Crippen LogP contribution in [0.4, 0.5) is 11.4 Å². The van der Waals surface area contributed by atoms with Gasteiger partial charge in [0.2, 0.25) is 6.79 Å². The zero-order valence-corrected chi connectivity index (χ0v) is 16.4. The molecule has 0 radical (unpaired) electrons. The first-order chi connectivity index (χ1) is 15.1. The molecule has 0 saturated heterocycles. The van der Waals surface area contributed by atoms with Crippen molar-refractivity contribution in [2.75, 3.05) is 23.6 Å². The van der Waals surface area contributed by atoms with Crippen molar-refractivity contribution >= 4 is 23.2 Å². The molecule has 2 amide bonds. The molecular weight excluding hydrogens is 398 g/mol. The molecule has 8 heteroatoms. The predicted molar refractivity (Wildman–Crippen MR) is 113 cm³/mol. The van der Waals surface area contributed by atoms with E-state index >= 15 is 0 Å². The van der Waals surface area contributed by atoms with Gasteiger partial charge in [-0.25, -0.2) is 0 Å². The first-order valence-corrected chi connectivity index (χ1v) is 9.70. The molecule has 156 valence electrons. The Morgan fingerprint density at radius 2 is 1.84 bits per heavy atom. The van der Waals surface area contributed by atoms with Gasteiger partial charge < -0.3 is 25.3 Å². The van der Waals surface area contributed by atoms with Gasteiger partial charge in [0, 0.05) is 11.8 Å². The fourth-order valence-electron chi connectivity index (χ4n) is 3.69. The van der Waals surface area contributed by atoms with Crippen molar-refractivity contribution in [1.82, 2.24) is 0 Å². The maximum Gasteiger partial charge on any atom is 0.262 e. The largest absolute Gasteiger partial charge is 0.484 e. The standard InChI is InChI=1S/C23H19N3O5/c24-21(27)12-29-16-8-5-14(6-9-16)22-25-18-4-2-1-3-17(18)23(28)26(22)15-7-10-19-20(11-15)31-13-30-19/h1-11,22,25H,12-13H2,(H2,24,27)/t22-/m0/s1. The lowest BCUT2D eigenvalue weighted by atomic mass is 10.0. The third-order valence-electron chi connectivity index (χ3n) is 5.14. The quantitative estimate of drug-likeness (QED) is 0.661. The van der Waals surface area contributed by atoms with E-state index in [4.69, 9.17) is 19.9 Å². The van der Waals surface area contributed by atoms with Crippen LogP contribution < -0.4 is 30.2 Å². The minimum Gasteiger partial charge on any atom is -0.484 e. The molecule has 3 N–H and O–H groups in total. The Morgan fingerprint density at radius 3 is 2.65 bits per heavy atom. The SMILES string of the molecule is NC(=O)COc1ccc([C@H]2Nc3ccccc3C(=O)N2c2ccc3c(c2)OCO3)cc1. The van der Waals surface area contributed by atoms with Crippen LogP contribution in [0.25, 0.3) is 0 Å². The van der Waals surface area contributed by atoms with E-state index in [1.165, 1.54) is 0 Å². The number of nitrogens with zero attached hydrogens (tertiary/aromatic N) is 1. The Bertz CT molecular complexity index is 1160. The van der Waals surface area contributed by atoms with Crippen LogP contribution in [0.2, 0.25) is 0 Å². The molecule has 0 saturated carbocycles. The average molecular weight is 417 g/mol. The number of nitrogens with one attached hydrogen (secondary N) is 1. The number of carbonyl (C=O) groups excluding carboxylic acids is 2. The number of fused-ring (bicyclic) bond motifs is 2. The van der Waals surface area contributed by atoms with Crippen molar-refractivity contribution in [3.63, 3.8) is 0 Å². The molecule has 8 nitrogen and oxygen atoms in total. The summed E-state index contributed by atoms with van der Waals surface area (Å²) in [7, 11) is 0. The van der Waals surface area contributed by atoms with Crippen LogP contribution in [-0.2, 0) is 4.79 Å². The molecule has 3 aromatic carbocycles. The molecule has 5 rings (SSSR count). The molecule has 0 unspecified atom stereocenters. The number of benzene rings is 3. The van der Waals surface area contributed by atoms with E-state index in [2.05, 4.69) is 5.32 Å².